The number of nitrogens with zero attached hydrogens (tertiary/aromatic N) is 2. The number of nitro groups is 1. The Morgan fingerprint density at radius 3 is 2.35 bits per heavy atom. The van der Waals surface area contributed by atoms with E-state index in [-0.39, 0.29) is 0 Å². The summed E-state index contributed by atoms with van der Waals surface area (Å²) in [4.78, 5) is 21.9. The molecule has 0 spiro atoms. The van der Waals surface area contributed by atoms with Crippen molar-refractivity contribution in [1.82, 2.24) is 0 Å². The van der Waals surface area contributed by atoms with E-state index in [0.717, 1.165) is 11.0 Å². The molecule has 0 atom stereocenters. The molecule has 0 heterocycles. The molecule has 0 saturated carbocycles. The maximum absolute atomic E-state index is 13.9. The number of carbonyl (C=O) groups is 1. The van der Waals surface area contributed by atoms with E-state index in [4.69, 9.17) is 5.11 Å². The van der Waals surface area contributed by atoms with Gasteiger partial charge in [-0.25, -0.2) is 8.78 Å². The van der Waals surface area contributed by atoms with Crippen LogP contribution in [0.15, 0.2) is 12.1 Å². The minimum Gasteiger partial charge on any atom is -0.480 e. The standard InChI is InChI=1S/C12H14F2N2O4/c1-12(2,3)15(6-9(17)18)11-8(16(19)20)5-4-7(13)10(11)14/h4-5H,6H2,1-3H3,(H,17,18). The highest BCUT2D eigenvalue weighted by Crippen LogP contribution is 2.36. The maximum Gasteiger partial charge on any atom is 0.323 e. The highest BCUT2D eigenvalue weighted by atomic mass is 19.2. The number of rotatable bonds is 4. The van der Waals surface area contributed by atoms with Gasteiger partial charge in [-0.15, -0.1) is 0 Å². The van der Waals surface area contributed by atoms with Crippen LogP contribution >= 0.6 is 0 Å². The molecule has 0 bridgehead atoms. The lowest BCUT2D eigenvalue weighted by molar-refractivity contribution is -0.384. The van der Waals surface area contributed by atoms with Crippen molar-refractivity contribution >= 4 is 17.3 Å². The van der Waals surface area contributed by atoms with Crippen LogP contribution in [0.2, 0.25) is 0 Å². The number of hydrogen-bond donors (Lipinski definition) is 1. The molecule has 6 nitrogen and oxygen atoms in total. The summed E-state index contributed by atoms with van der Waals surface area (Å²) in [5.41, 5.74) is -2.29. The second-order valence-electron chi connectivity index (χ2n) is 5.14. The van der Waals surface area contributed by atoms with Gasteiger partial charge < -0.3 is 10.0 Å². The highest BCUT2D eigenvalue weighted by molar-refractivity contribution is 5.77. The second-order valence-corrected chi connectivity index (χ2v) is 5.14. The molecule has 1 aromatic rings. The quantitative estimate of drug-likeness (QED) is 0.680. The molecular formula is C12H14F2N2O4. The van der Waals surface area contributed by atoms with Gasteiger partial charge in [0.15, 0.2) is 17.3 Å². The summed E-state index contributed by atoms with van der Waals surface area (Å²) in [6.45, 7) is 3.95. The largest absolute Gasteiger partial charge is 0.480 e. The lowest BCUT2D eigenvalue weighted by Crippen LogP contribution is -2.45. The fourth-order valence-corrected chi connectivity index (χ4v) is 1.72. The van der Waals surface area contributed by atoms with Gasteiger partial charge >= 0.3 is 5.97 Å². The fourth-order valence-electron chi connectivity index (χ4n) is 1.72. The van der Waals surface area contributed by atoms with Gasteiger partial charge in [0.1, 0.15) is 6.54 Å². The molecule has 0 aliphatic carbocycles. The van der Waals surface area contributed by atoms with Gasteiger partial charge in [0.05, 0.1) is 4.92 Å². The number of aliphatic carboxylic acids is 1. The molecule has 0 radical (unpaired) electrons. The molecule has 110 valence electrons. The molecule has 20 heavy (non-hydrogen) atoms. The normalized spacial score (nSPS) is 11.2. The van der Waals surface area contributed by atoms with Crippen LogP contribution in [0.3, 0.4) is 0 Å². The first-order valence-electron chi connectivity index (χ1n) is 5.67. The van der Waals surface area contributed by atoms with Gasteiger partial charge in [-0.1, -0.05) is 0 Å². The first kappa shape index (κ1) is 15.8. The predicted molar refractivity (Wildman–Crippen MR) is 67.7 cm³/mol. The van der Waals surface area contributed by atoms with Crippen molar-refractivity contribution in [2.24, 2.45) is 0 Å². The Morgan fingerprint density at radius 1 is 1.40 bits per heavy atom. The summed E-state index contributed by atoms with van der Waals surface area (Å²) in [6.07, 6.45) is 0. The third-order valence-electron chi connectivity index (χ3n) is 2.62. The molecular weight excluding hydrogens is 274 g/mol. The van der Waals surface area contributed by atoms with Gasteiger partial charge in [-0.3, -0.25) is 14.9 Å². The molecule has 0 unspecified atom stereocenters. The van der Waals surface area contributed by atoms with Crippen LogP contribution in [-0.4, -0.2) is 28.1 Å². The van der Waals surface area contributed by atoms with Crippen LogP contribution in [0.1, 0.15) is 20.8 Å². The lowest BCUT2D eigenvalue weighted by atomic mass is 10.0. The van der Waals surface area contributed by atoms with Gasteiger partial charge in [-0.05, 0) is 26.8 Å². The zero-order valence-corrected chi connectivity index (χ0v) is 11.2. The molecule has 0 saturated heterocycles. The molecule has 1 rings (SSSR count). The minimum absolute atomic E-state index is 0.637. The van der Waals surface area contributed by atoms with Crippen LogP contribution in [-0.2, 0) is 4.79 Å². The summed E-state index contributed by atoms with van der Waals surface area (Å²) in [7, 11) is 0. The Labute approximate surface area is 113 Å². The number of benzene rings is 1. The minimum atomic E-state index is -1.43. The van der Waals surface area contributed by atoms with E-state index in [2.05, 4.69) is 0 Å². The zero-order valence-electron chi connectivity index (χ0n) is 11.2. The van der Waals surface area contributed by atoms with E-state index >= 15 is 0 Å². The van der Waals surface area contributed by atoms with Gasteiger partial charge in [-0.2, -0.15) is 0 Å². The van der Waals surface area contributed by atoms with Crippen molar-refractivity contribution < 1.29 is 23.6 Å². The van der Waals surface area contributed by atoms with Gasteiger partial charge in [0.25, 0.3) is 5.69 Å². The molecule has 0 fully saturated rings. The summed E-state index contributed by atoms with van der Waals surface area (Å²) in [6, 6.07) is 1.45. The average molecular weight is 288 g/mol. The zero-order chi connectivity index (χ0) is 15.7. The SMILES string of the molecule is CC(C)(C)N(CC(=O)O)c1c([N+](=O)[O-])ccc(F)c1F. The number of carboxylic acids is 1. The number of nitro benzene ring substituents is 1. The second kappa shape index (κ2) is 5.40. The summed E-state index contributed by atoms with van der Waals surface area (Å²) in [5.74, 6) is -4.02. The average Bonchev–Trinajstić information content (AvgIpc) is 2.28. The molecule has 1 N–H and O–H groups in total. The molecule has 1 aromatic carbocycles. The van der Waals surface area contributed by atoms with Crippen molar-refractivity contribution in [1.29, 1.82) is 0 Å². The Morgan fingerprint density at radius 2 is 1.95 bits per heavy atom. The third kappa shape index (κ3) is 3.19. The molecule has 0 amide bonds. The van der Waals surface area contributed by atoms with E-state index < -0.39 is 46.0 Å². The van der Waals surface area contributed by atoms with Crippen LogP contribution in [0, 0.1) is 21.7 Å². The van der Waals surface area contributed by atoms with Crippen LogP contribution in [0.5, 0.6) is 0 Å². The summed E-state index contributed by atoms with van der Waals surface area (Å²) in [5, 5.41) is 19.8. The van der Waals surface area contributed by atoms with Gasteiger partial charge in [0, 0.05) is 11.6 Å². The molecule has 0 aromatic heterocycles. The van der Waals surface area contributed by atoms with Crippen molar-refractivity contribution in [2.45, 2.75) is 26.3 Å². The monoisotopic (exact) mass is 288 g/mol. The number of hydrogen-bond acceptors (Lipinski definition) is 4. The van der Waals surface area contributed by atoms with Crippen LogP contribution in [0.25, 0.3) is 0 Å². The highest BCUT2D eigenvalue weighted by Gasteiger charge is 2.33. The number of carboxylic acid groups (broad SMARTS) is 1. The first-order valence-corrected chi connectivity index (χ1v) is 5.67. The van der Waals surface area contributed by atoms with Gasteiger partial charge in [0.2, 0.25) is 0 Å². The Bertz CT molecular complexity index is 555. The van der Waals surface area contributed by atoms with Crippen molar-refractivity contribution in [3.05, 3.63) is 33.9 Å². The Hall–Kier alpha value is -2.25. The Balaban J connectivity index is 3.57. The van der Waals surface area contributed by atoms with Crippen molar-refractivity contribution in [3.8, 4) is 0 Å². The molecule has 0 aliphatic rings. The predicted octanol–water partition coefficient (Wildman–Crippen LogP) is 2.56. The maximum atomic E-state index is 13.9. The fraction of sp³-hybridized carbons (Fsp3) is 0.417. The summed E-state index contributed by atoms with van der Waals surface area (Å²) < 4.78 is 27.3. The first-order chi connectivity index (χ1) is 9.05. The lowest BCUT2D eigenvalue weighted by Gasteiger charge is -2.36. The van der Waals surface area contributed by atoms with Crippen LogP contribution in [0.4, 0.5) is 20.2 Å². The number of anilines is 1. The van der Waals surface area contributed by atoms with E-state index in [1.165, 1.54) is 0 Å². The Kier molecular flexibility index (Phi) is 4.26. The molecule has 8 heteroatoms. The van der Waals surface area contributed by atoms with E-state index in [1.54, 1.807) is 20.8 Å². The number of halogens is 2. The topological polar surface area (TPSA) is 83.7 Å². The van der Waals surface area contributed by atoms with E-state index in [9.17, 15) is 23.7 Å². The molecule has 0 aliphatic heterocycles. The third-order valence-corrected chi connectivity index (χ3v) is 2.62. The smallest absolute Gasteiger partial charge is 0.323 e. The van der Waals surface area contributed by atoms with Crippen molar-refractivity contribution in [2.75, 3.05) is 11.4 Å². The summed E-state index contributed by atoms with van der Waals surface area (Å²) >= 11 is 0. The van der Waals surface area contributed by atoms with Crippen LogP contribution < -0.4 is 4.90 Å². The van der Waals surface area contributed by atoms with Crippen molar-refractivity contribution in [3.63, 3.8) is 0 Å². The van der Waals surface area contributed by atoms with E-state index in [0.29, 0.717) is 6.07 Å². The van der Waals surface area contributed by atoms with E-state index in [1.807, 2.05) is 0 Å².